The van der Waals surface area contributed by atoms with E-state index in [-0.39, 0.29) is 12.0 Å². The number of nitrogen functional groups attached to an aromatic ring is 1. The highest BCUT2D eigenvalue weighted by Gasteiger charge is 2.17. The Balaban J connectivity index is 2.61. The highest BCUT2D eigenvalue weighted by Crippen LogP contribution is 2.31. The van der Waals surface area contributed by atoms with E-state index in [1.165, 1.54) is 0 Å². The number of hydrogen-bond donors (Lipinski definition) is 1. The van der Waals surface area contributed by atoms with Gasteiger partial charge in [-0.05, 0) is 50.6 Å². The van der Waals surface area contributed by atoms with Crippen LogP contribution in [0.2, 0.25) is 0 Å². The van der Waals surface area contributed by atoms with Crippen LogP contribution in [-0.4, -0.2) is 16.0 Å². The van der Waals surface area contributed by atoms with Gasteiger partial charge in [0.2, 0.25) is 5.95 Å². The van der Waals surface area contributed by atoms with Crippen LogP contribution < -0.4 is 10.6 Å². The summed E-state index contributed by atoms with van der Waals surface area (Å²) in [5.74, 6) is 0.974. The van der Waals surface area contributed by atoms with Crippen LogP contribution in [-0.2, 0) is 0 Å². The number of benzene rings is 1. The van der Waals surface area contributed by atoms with Gasteiger partial charge in [0.1, 0.15) is 5.82 Å². The van der Waals surface area contributed by atoms with E-state index in [1.807, 2.05) is 43.3 Å². The van der Waals surface area contributed by atoms with E-state index >= 15 is 0 Å². The zero-order chi connectivity index (χ0) is 16.1. The summed E-state index contributed by atoms with van der Waals surface area (Å²) in [6.45, 7) is 6.11. The predicted molar refractivity (Wildman–Crippen MR) is 89.6 cm³/mol. The van der Waals surface area contributed by atoms with Gasteiger partial charge in [0.15, 0.2) is 0 Å². The summed E-state index contributed by atoms with van der Waals surface area (Å²) in [5, 5.41) is 9.10. The topological polar surface area (TPSA) is 78.8 Å². The Bertz CT molecular complexity index is 728. The second-order valence-corrected chi connectivity index (χ2v) is 5.12. The second kappa shape index (κ2) is 6.72. The van der Waals surface area contributed by atoms with Crippen LogP contribution in [0.1, 0.15) is 31.9 Å². The first kappa shape index (κ1) is 15.5. The average molecular weight is 293 g/mol. The maximum absolute atomic E-state index is 9.10. The zero-order valence-corrected chi connectivity index (χ0v) is 13.0. The number of hydrogen-bond acceptors (Lipinski definition) is 5. The normalized spacial score (nSPS) is 10.9. The number of allylic oxidation sites excluding steroid dienone is 1. The lowest BCUT2D eigenvalue weighted by Gasteiger charge is -2.29. The molecule has 0 aliphatic heterocycles. The molecule has 0 radical (unpaired) electrons. The number of nitrogens with zero attached hydrogens (tertiary/aromatic N) is 4. The van der Waals surface area contributed by atoms with E-state index in [1.54, 1.807) is 6.20 Å². The molecule has 0 aliphatic rings. The smallest absolute Gasteiger partial charge is 0.221 e. The Morgan fingerprint density at radius 3 is 2.68 bits per heavy atom. The number of nitrogens with two attached hydrogens (primary N) is 1. The van der Waals surface area contributed by atoms with Crippen LogP contribution in [0.5, 0.6) is 0 Å². The van der Waals surface area contributed by atoms with Gasteiger partial charge in [-0.2, -0.15) is 10.2 Å². The van der Waals surface area contributed by atoms with Gasteiger partial charge < -0.3 is 10.6 Å². The molecule has 0 unspecified atom stereocenters. The van der Waals surface area contributed by atoms with Gasteiger partial charge in [0.25, 0.3) is 0 Å². The molecule has 0 spiro atoms. The van der Waals surface area contributed by atoms with E-state index < -0.39 is 0 Å². The van der Waals surface area contributed by atoms with Crippen LogP contribution >= 0.6 is 0 Å². The van der Waals surface area contributed by atoms with E-state index in [9.17, 15) is 0 Å². The molecule has 0 aliphatic carbocycles. The number of aromatic nitrogens is 2. The van der Waals surface area contributed by atoms with Crippen molar-refractivity contribution >= 4 is 23.5 Å². The summed E-state index contributed by atoms with van der Waals surface area (Å²) in [4.78, 5) is 10.3. The first-order valence-corrected chi connectivity index (χ1v) is 7.11. The molecular formula is C17H19N5. The maximum Gasteiger partial charge on any atom is 0.221 e. The first-order valence-electron chi connectivity index (χ1n) is 7.11. The summed E-state index contributed by atoms with van der Waals surface area (Å²) in [5.41, 5.74) is 8.28. The summed E-state index contributed by atoms with van der Waals surface area (Å²) < 4.78 is 0. The summed E-state index contributed by atoms with van der Waals surface area (Å²) in [6.07, 6.45) is 5.58. The van der Waals surface area contributed by atoms with Gasteiger partial charge in [0, 0.05) is 17.9 Å². The number of rotatable bonds is 4. The molecule has 1 aromatic carbocycles. The van der Waals surface area contributed by atoms with E-state index in [2.05, 4.69) is 34.8 Å². The monoisotopic (exact) mass is 293 g/mol. The molecule has 0 amide bonds. The molecule has 2 N–H and O–H groups in total. The Kier molecular flexibility index (Phi) is 4.74. The molecule has 112 valence electrons. The molecule has 2 rings (SSSR count). The fraction of sp³-hybridized carbons (Fsp3) is 0.235. The second-order valence-electron chi connectivity index (χ2n) is 5.12. The molecule has 0 saturated heterocycles. The summed E-state index contributed by atoms with van der Waals surface area (Å²) in [6, 6.07) is 9.79. The van der Waals surface area contributed by atoms with Crippen molar-refractivity contribution in [1.82, 2.24) is 9.97 Å². The van der Waals surface area contributed by atoms with Gasteiger partial charge in [-0.25, -0.2) is 4.98 Å². The van der Waals surface area contributed by atoms with Gasteiger partial charge in [0.05, 0.1) is 11.6 Å². The molecule has 1 heterocycles. The highest BCUT2D eigenvalue weighted by atomic mass is 15.2. The molecule has 0 saturated carbocycles. The number of nitriles is 1. The van der Waals surface area contributed by atoms with E-state index in [4.69, 9.17) is 11.0 Å². The molecule has 0 atom stereocenters. The molecule has 5 heteroatoms. The van der Waals surface area contributed by atoms with Crippen LogP contribution in [0, 0.1) is 11.3 Å². The minimum absolute atomic E-state index is 0.172. The minimum atomic E-state index is 0.172. The maximum atomic E-state index is 9.10. The Morgan fingerprint density at radius 1 is 1.32 bits per heavy atom. The van der Waals surface area contributed by atoms with Gasteiger partial charge in [-0.3, -0.25) is 0 Å². The fourth-order valence-electron chi connectivity index (χ4n) is 2.32. The molecular weight excluding hydrogens is 274 g/mol. The highest BCUT2D eigenvalue weighted by molar-refractivity contribution is 5.74. The molecule has 1 aromatic heterocycles. The third-order valence-electron chi connectivity index (χ3n) is 3.19. The summed E-state index contributed by atoms with van der Waals surface area (Å²) in [7, 11) is 0. The molecule has 0 fully saturated rings. The van der Waals surface area contributed by atoms with Crippen molar-refractivity contribution in [3.63, 3.8) is 0 Å². The van der Waals surface area contributed by atoms with Crippen molar-refractivity contribution in [1.29, 1.82) is 5.26 Å². The van der Waals surface area contributed by atoms with Crippen molar-refractivity contribution in [3.05, 3.63) is 47.7 Å². The van der Waals surface area contributed by atoms with Crippen molar-refractivity contribution in [2.24, 2.45) is 0 Å². The lowest BCUT2D eigenvalue weighted by Crippen LogP contribution is -2.27. The lowest BCUT2D eigenvalue weighted by atomic mass is 10.1. The van der Waals surface area contributed by atoms with Gasteiger partial charge >= 0.3 is 0 Å². The fourth-order valence-corrected chi connectivity index (χ4v) is 2.32. The SMILES string of the molecule is CC=Cc1cc(C#N)ccc1N(c1ccnc(N)n1)C(C)C. The van der Waals surface area contributed by atoms with Gasteiger partial charge in [-0.1, -0.05) is 12.2 Å². The standard InChI is InChI=1S/C17H19N5/c1-4-5-14-10-13(11-18)6-7-15(14)22(12(2)3)16-8-9-20-17(19)21-16/h4-10,12H,1-3H3,(H2,19,20,21). The van der Waals surface area contributed by atoms with Gasteiger partial charge in [-0.15, -0.1) is 0 Å². The third-order valence-corrected chi connectivity index (χ3v) is 3.19. The first-order chi connectivity index (χ1) is 10.6. The van der Waals surface area contributed by atoms with Crippen molar-refractivity contribution < 1.29 is 0 Å². The Morgan fingerprint density at radius 2 is 2.09 bits per heavy atom. The predicted octanol–water partition coefficient (Wildman–Crippen LogP) is 3.51. The largest absolute Gasteiger partial charge is 0.368 e. The Labute approximate surface area is 130 Å². The molecule has 5 nitrogen and oxygen atoms in total. The molecule has 2 aromatic rings. The Hall–Kier alpha value is -2.87. The quantitative estimate of drug-likeness (QED) is 0.933. The van der Waals surface area contributed by atoms with Crippen LogP contribution in [0.3, 0.4) is 0 Å². The van der Waals surface area contributed by atoms with Crippen molar-refractivity contribution in [2.75, 3.05) is 10.6 Å². The van der Waals surface area contributed by atoms with Crippen LogP contribution in [0.25, 0.3) is 6.08 Å². The minimum Gasteiger partial charge on any atom is -0.368 e. The zero-order valence-electron chi connectivity index (χ0n) is 13.0. The van der Waals surface area contributed by atoms with E-state index in [0.29, 0.717) is 5.56 Å². The third kappa shape index (κ3) is 3.23. The summed E-state index contributed by atoms with van der Waals surface area (Å²) >= 11 is 0. The molecule has 22 heavy (non-hydrogen) atoms. The van der Waals surface area contributed by atoms with Crippen LogP contribution in [0.15, 0.2) is 36.5 Å². The van der Waals surface area contributed by atoms with Crippen molar-refractivity contribution in [3.8, 4) is 6.07 Å². The lowest BCUT2D eigenvalue weighted by molar-refractivity contribution is 0.775. The number of anilines is 3. The van der Waals surface area contributed by atoms with E-state index in [0.717, 1.165) is 17.1 Å². The molecule has 0 bridgehead atoms. The van der Waals surface area contributed by atoms with Crippen LogP contribution in [0.4, 0.5) is 17.5 Å². The van der Waals surface area contributed by atoms with Crippen molar-refractivity contribution in [2.45, 2.75) is 26.8 Å². The average Bonchev–Trinajstić information content (AvgIpc) is 2.49.